The number of rotatable bonds is 7. The van der Waals surface area contributed by atoms with Gasteiger partial charge in [0.1, 0.15) is 0 Å². The van der Waals surface area contributed by atoms with Gasteiger partial charge in [-0.1, -0.05) is 40.2 Å². The molecule has 0 aliphatic carbocycles. The molecule has 0 radical (unpaired) electrons. The van der Waals surface area contributed by atoms with E-state index >= 15 is 0 Å². The lowest BCUT2D eigenvalue weighted by molar-refractivity contribution is 0.0214. The van der Waals surface area contributed by atoms with E-state index in [-0.39, 0.29) is 0 Å². The van der Waals surface area contributed by atoms with Crippen LogP contribution >= 0.6 is 11.3 Å². The van der Waals surface area contributed by atoms with Crippen LogP contribution in [0.2, 0.25) is 0 Å². The number of nitrogens with zero attached hydrogens (tertiary/aromatic N) is 1. The minimum Gasteiger partial charge on any atom is -0.311 e. The second kappa shape index (κ2) is 7.75. The van der Waals surface area contributed by atoms with Crippen molar-refractivity contribution in [1.82, 2.24) is 10.2 Å². The zero-order chi connectivity index (χ0) is 15.3. The topological polar surface area (TPSA) is 15.3 Å². The van der Waals surface area contributed by atoms with Gasteiger partial charge in [-0.05, 0) is 36.6 Å². The normalized spacial score (nSPS) is 24.1. The van der Waals surface area contributed by atoms with Crippen LogP contribution in [0.25, 0.3) is 0 Å². The summed E-state index contributed by atoms with van der Waals surface area (Å²) in [5.41, 5.74) is 0.362. The Kier molecular flexibility index (Phi) is 6.27. The van der Waals surface area contributed by atoms with Gasteiger partial charge < -0.3 is 5.32 Å². The summed E-state index contributed by atoms with van der Waals surface area (Å²) in [6.45, 7) is 13.0. The third-order valence-corrected chi connectivity index (χ3v) is 6.57. The maximum Gasteiger partial charge on any atom is 0.0329 e. The van der Waals surface area contributed by atoms with Crippen molar-refractivity contribution in [2.45, 2.75) is 65.0 Å². The van der Waals surface area contributed by atoms with Crippen LogP contribution in [0.5, 0.6) is 0 Å². The van der Waals surface area contributed by atoms with E-state index in [0.29, 0.717) is 11.6 Å². The van der Waals surface area contributed by atoms with Crippen LogP contribution in [-0.4, -0.2) is 36.1 Å². The average molecular weight is 309 g/mol. The molecule has 0 bridgehead atoms. The highest BCUT2D eigenvalue weighted by molar-refractivity contribution is 7.09. The molecule has 2 heterocycles. The molecule has 2 unspecified atom stereocenters. The van der Waals surface area contributed by atoms with Crippen molar-refractivity contribution < 1.29 is 0 Å². The molecule has 3 heteroatoms. The van der Waals surface area contributed by atoms with Crippen LogP contribution in [0, 0.1) is 5.92 Å². The third kappa shape index (κ3) is 3.88. The zero-order valence-electron chi connectivity index (χ0n) is 14.2. The van der Waals surface area contributed by atoms with E-state index in [9.17, 15) is 0 Å². The molecule has 2 nitrogen and oxygen atoms in total. The minimum absolute atomic E-state index is 0.362. The van der Waals surface area contributed by atoms with Gasteiger partial charge in [-0.3, -0.25) is 4.90 Å². The number of hydrogen-bond acceptors (Lipinski definition) is 3. The van der Waals surface area contributed by atoms with Crippen molar-refractivity contribution >= 4 is 11.3 Å². The van der Waals surface area contributed by atoms with Crippen LogP contribution in [0.4, 0.5) is 0 Å². The molecule has 2 atom stereocenters. The Morgan fingerprint density at radius 3 is 2.71 bits per heavy atom. The molecule has 0 amide bonds. The Morgan fingerprint density at radius 2 is 2.14 bits per heavy atom. The lowest BCUT2D eigenvalue weighted by Crippen LogP contribution is -2.65. The number of thiophene rings is 1. The second-order valence-electron chi connectivity index (χ2n) is 6.58. The Hall–Kier alpha value is -0.380. The van der Waals surface area contributed by atoms with Gasteiger partial charge in [0.25, 0.3) is 0 Å². The van der Waals surface area contributed by atoms with E-state index in [1.807, 2.05) is 11.3 Å². The van der Waals surface area contributed by atoms with Crippen molar-refractivity contribution in [3.8, 4) is 0 Å². The first-order chi connectivity index (χ1) is 10.1. The van der Waals surface area contributed by atoms with E-state index < -0.39 is 0 Å². The number of hydrogen-bond donors (Lipinski definition) is 1. The summed E-state index contributed by atoms with van der Waals surface area (Å²) in [6, 6.07) is 5.11. The molecule has 1 saturated heterocycles. The molecular weight excluding hydrogens is 276 g/mol. The molecule has 0 aromatic carbocycles. The fourth-order valence-corrected chi connectivity index (χ4v) is 4.27. The summed E-state index contributed by atoms with van der Waals surface area (Å²) < 4.78 is 0. The molecule has 2 rings (SSSR count). The van der Waals surface area contributed by atoms with Crippen LogP contribution in [0.15, 0.2) is 17.5 Å². The van der Waals surface area contributed by atoms with E-state index in [4.69, 9.17) is 0 Å². The van der Waals surface area contributed by atoms with Gasteiger partial charge in [-0.15, -0.1) is 11.3 Å². The summed E-state index contributed by atoms with van der Waals surface area (Å²) in [4.78, 5) is 4.31. The van der Waals surface area contributed by atoms with Gasteiger partial charge in [0.15, 0.2) is 0 Å². The standard InChI is InChI=1S/C18H32N2S/c1-5-15(4)17-13-20(11-10-16-9-8-12-21-16)18(6-2,7-3)14-19-17/h8-9,12,15,17,19H,5-7,10-11,13-14H2,1-4H3. The van der Waals surface area contributed by atoms with E-state index in [2.05, 4.69) is 55.4 Å². The molecule has 1 aromatic rings. The number of piperazine rings is 1. The Labute approximate surface area is 134 Å². The highest BCUT2D eigenvalue weighted by atomic mass is 32.1. The summed E-state index contributed by atoms with van der Waals surface area (Å²) in [5.74, 6) is 0.765. The van der Waals surface area contributed by atoms with E-state index in [1.54, 1.807) is 0 Å². The van der Waals surface area contributed by atoms with E-state index in [0.717, 1.165) is 12.5 Å². The largest absolute Gasteiger partial charge is 0.311 e. The molecule has 1 aromatic heterocycles. The smallest absolute Gasteiger partial charge is 0.0329 e. The van der Waals surface area contributed by atoms with Gasteiger partial charge in [0.2, 0.25) is 0 Å². The Morgan fingerprint density at radius 1 is 1.38 bits per heavy atom. The maximum absolute atomic E-state index is 3.85. The van der Waals surface area contributed by atoms with E-state index in [1.165, 1.54) is 43.6 Å². The van der Waals surface area contributed by atoms with Crippen LogP contribution in [0.1, 0.15) is 51.8 Å². The van der Waals surface area contributed by atoms with Gasteiger partial charge in [-0.2, -0.15) is 0 Å². The van der Waals surface area contributed by atoms with Crippen molar-refractivity contribution in [1.29, 1.82) is 0 Å². The fourth-order valence-electron chi connectivity index (χ4n) is 3.57. The van der Waals surface area contributed by atoms with Crippen LogP contribution in [-0.2, 0) is 6.42 Å². The predicted octanol–water partition coefficient (Wildman–Crippen LogP) is 4.17. The summed E-state index contributed by atoms with van der Waals surface area (Å²) >= 11 is 1.90. The SMILES string of the molecule is CCC(C)C1CN(CCc2cccs2)C(CC)(CC)CN1. The highest BCUT2D eigenvalue weighted by Crippen LogP contribution is 2.29. The first-order valence-electron chi connectivity index (χ1n) is 8.66. The molecule has 120 valence electrons. The quantitative estimate of drug-likeness (QED) is 0.813. The molecule has 1 fully saturated rings. The lowest BCUT2D eigenvalue weighted by Gasteiger charge is -2.51. The predicted molar refractivity (Wildman–Crippen MR) is 94.2 cm³/mol. The molecule has 0 saturated carbocycles. The van der Waals surface area contributed by atoms with Crippen LogP contribution < -0.4 is 5.32 Å². The van der Waals surface area contributed by atoms with Crippen molar-refractivity contribution in [2.75, 3.05) is 19.6 Å². The van der Waals surface area contributed by atoms with Crippen molar-refractivity contribution in [2.24, 2.45) is 5.92 Å². The molecule has 0 spiro atoms. The summed E-state index contributed by atoms with van der Waals surface area (Å²) in [7, 11) is 0. The fraction of sp³-hybridized carbons (Fsp3) is 0.778. The lowest BCUT2D eigenvalue weighted by atomic mass is 9.84. The van der Waals surface area contributed by atoms with Crippen molar-refractivity contribution in [3.05, 3.63) is 22.4 Å². The van der Waals surface area contributed by atoms with Gasteiger partial charge >= 0.3 is 0 Å². The molecular formula is C18H32N2S. The monoisotopic (exact) mass is 308 g/mol. The Balaban J connectivity index is 2.05. The zero-order valence-corrected chi connectivity index (χ0v) is 15.0. The minimum atomic E-state index is 0.362. The summed E-state index contributed by atoms with van der Waals surface area (Å²) in [6.07, 6.45) is 4.96. The second-order valence-corrected chi connectivity index (χ2v) is 7.61. The van der Waals surface area contributed by atoms with Gasteiger partial charge in [0, 0.05) is 36.1 Å². The number of nitrogens with one attached hydrogen (secondary N) is 1. The first kappa shape index (κ1) is 17.0. The van der Waals surface area contributed by atoms with Gasteiger partial charge in [-0.25, -0.2) is 0 Å². The average Bonchev–Trinajstić information content (AvgIpc) is 3.05. The Bertz CT molecular complexity index is 397. The van der Waals surface area contributed by atoms with Gasteiger partial charge in [0.05, 0.1) is 0 Å². The third-order valence-electron chi connectivity index (χ3n) is 5.64. The van der Waals surface area contributed by atoms with Crippen LogP contribution in [0.3, 0.4) is 0 Å². The first-order valence-corrected chi connectivity index (χ1v) is 9.54. The maximum atomic E-state index is 3.85. The molecule has 1 aliphatic heterocycles. The molecule has 21 heavy (non-hydrogen) atoms. The van der Waals surface area contributed by atoms with Crippen molar-refractivity contribution in [3.63, 3.8) is 0 Å². The highest BCUT2D eigenvalue weighted by Gasteiger charge is 2.39. The molecule has 1 N–H and O–H groups in total. The summed E-state index contributed by atoms with van der Waals surface area (Å²) in [5, 5.41) is 6.04. The molecule has 1 aliphatic rings.